The second-order valence-corrected chi connectivity index (χ2v) is 6.79. The second kappa shape index (κ2) is 7.88. The Morgan fingerprint density at radius 2 is 1.71 bits per heavy atom. The second-order valence-electron chi connectivity index (χ2n) is 6.79. The molecule has 1 aliphatic heterocycles. The van der Waals surface area contributed by atoms with Crippen molar-refractivity contribution in [1.29, 1.82) is 0 Å². The van der Waals surface area contributed by atoms with Crippen molar-refractivity contribution in [3.63, 3.8) is 0 Å². The van der Waals surface area contributed by atoms with E-state index in [-0.39, 0.29) is 11.9 Å². The van der Waals surface area contributed by atoms with E-state index in [1.165, 1.54) is 25.7 Å². The number of methoxy groups -OCH3 is 2. The van der Waals surface area contributed by atoms with E-state index in [0.29, 0.717) is 17.1 Å². The smallest absolute Gasteiger partial charge is 0.251 e. The Kier molecular flexibility index (Phi) is 5.61. The Bertz CT molecular complexity index is 562. The first-order valence-corrected chi connectivity index (χ1v) is 8.98. The molecule has 0 atom stereocenters. The Morgan fingerprint density at radius 3 is 2.33 bits per heavy atom. The zero-order chi connectivity index (χ0) is 16.9. The van der Waals surface area contributed by atoms with Gasteiger partial charge >= 0.3 is 0 Å². The molecule has 1 saturated heterocycles. The summed E-state index contributed by atoms with van der Waals surface area (Å²) in [6, 6.07) is 6.35. The van der Waals surface area contributed by atoms with Gasteiger partial charge in [-0.2, -0.15) is 0 Å². The molecule has 24 heavy (non-hydrogen) atoms. The van der Waals surface area contributed by atoms with Gasteiger partial charge in [-0.25, -0.2) is 0 Å². The summed E-state index contributed by atoms with van der Waals surface area (Å²) in [6.07, 6.45) is 7.53. The number of nitrogens with one attached hydrogen (secondary N) is 1. The van der Waals surface area contributed by atoms with Gasteiger partial charge in [-0.1, -0.05) is 12.8 Å². The molecule has 0 aromatic heterocycles. The van der Waals surface area contributed by atoms with Crippen molar-refractivity contribution >= 4 is 5.91 Å². The lowest BCUT2D eigenvalue weighted by molar-refractivity contribution is 0.0892. The minimum Gasteiger partial charge on any atom is -0.493 e. The van der Waals surface area contributed by atoms with Crippen LogP contribution in [0.25, 0.3) is 0 Å². The fourth-order valence-electron chi connectivity index (χ4n) is 3.92. The molecule has 3 rings (SSSR count). The SMILES string of the molecule is COc1ccc(C(=O)NC2CCN(C3CCCC3)CC2)cc1OC. The van der Waals surface area contributed by atoms with Crippen LogP contribution in [0.3, 0.4) is 0 Å². The number of carbonyl (C=O) groups is 1. The topological polar surface area (TPSA) is 50.8 Å². The van der Waals surface area contributed by atoms with Gasteiger partial charge in [-0.15, -0.1) is 0 Å². The lowest BCUT2D eigenvalue weighted by Crippen LogP contribution is -2.47. The third-order valence-corrected chi connectivity index (χ3v) is 5.35. The van der Waals surface area contributed by atoms with E-state index in [0.717, 1.165) is 32.0 Å². The Labute approximate surface area is 144 Å². The number of hydrogen-bond donors (Lipinski definition) is 1. The van der Waals surface area contributed by atoms with Gasteiger partial charge in [0.15, 0.2) is 11.5 Å². The number of carbonyl (C=O) groups excluding carboxylic acids is 1. The van der Waals surface area contributed by atoms with E-state index >= 15 is 0 Å². The first-order valence-electron chi connectivity index (χ1n) is 8.98. The molecule has 0 unspecified atom stereocenters. The molecule has 1 aromatic carbocycles. The lowest BCUT2D eigenvalue weighted by atomic mass is 10.0. The van der Waals surface area contributed by atoms with Crippen molar-refractivity contribution < 1.29 is 14.3 Å². The first-order chi connectivity index (χ1) is 11.7. The number of likely N-dealkylation sites (tertiary alicyclic amines) is 1. The fraction of sp³-hybridized carbons (Fsp3) is 0.632. The molecule has 1 amide bonds. The van der Waals surface area contributed by atoms with Crippen LogP contribution in [-0.4, -0.2) is 50.2 Å². The molecule has 2 fully saturated rings. The average Bonchev–Trinajstić information content (AvgIpc) is 3.16. The average molecular weight is 332 g/mol. The molecule has 2 aliphatic rings. The van der Waals surface area contributed by atoms with Crippen LogP contribution in [0.5, 0.6) is 11.5 Å². The van der Waals surface area contributed by atoms with Crippen LogP contribution >= 0.6 is 0 Å². The van der Waals surface area contributed by atoms with E-state index < -0.39 is 0 Å². The number of rotatable bonds is 5. The number of ether oxygens (including phenoxy) is 2. The first kappa shape index (κ1) is 17.1. The highest BCUT2D eigenvalue weighted by Crippen LogP contribution is 2.28. The van der Waals surface area contributed by atoms with Crippen LogP contribution in [0.4, 0.5) is 0 Å². The molecular formula is C19H28N2O3. The summed E-state index contributed by atoms with van der Waals surface area (Å²) in [4.78, 5) is 15.1. The summed E-state index contributed by atoms with van der Waals surface area (Å²) in [5.41, 5.74) is 0.617. The number of benzene rings is 1. The van der Waals surface area contributed by atoms with Crippen molar-refractivity contribution in [1.82, 2.24) is 10.2 Å². The van der Waals surface area contributed by atoms with Crippen LogP contribution in [0, 0.1) is 0 Å². The predicted octanol–water partition coefficient (Wildman–Crippen LogP) is 2.84. The van der Waals surface area contributed by atoms with Gasteiger partial charge in [0, 0.05) is 30.7 Å². The summed E-state index contributed by atoms with van der Waals surface area (Å²) < 4.78 is 10.5. The van der Waals surface area contributed by atoms with E-state index in [9.17, 15) is 4.79 Å². The molecule has 1 N–H and O–H groups in total. The van der Waals surface area contributed by atoms with E-state index in [1.807, 2.05) is 0 Å². The molecule has 5 heteroatoms. The van der Waals surface area contributed by atoms with Gasteiger partial charge in [0.1, 0.15) is 0 Å². The molecule has 1 aromatic rings. The monoisotopic (exact) mass is 332 g/mol. The molecule has 0 spiro atoms. The molecular weight excluding hydrogens is 304 g/mol. The molecule has 5 nitrogen and oxygen atoms in total. The highest BCUT2D eigenvalue weighted by atomic mass is 16.5. The Balaban J connectivity index is 1.54. The molecule has 1 saturated carbocycles. The van der Waals surface area contributed by atoms with Crippen molar-refractivity contribution in [3.8, 4) is 11.5 Å². The maximum Gasteiger partial charge on any atom is 0.251 e. The van der Waals surface area contributed by atoms with Crippen LogP contribution in [0.1, 0.15) is 48.9 Å². The van der Waals surface area contributed by atoms with Crippen LogP contribution < -0.4 is 14.8 Å². The van der Waals surface area contributed by atoms with Gasteiger partial charge < -0.3 is 19.7 Å². The van der Waals surface area contributed by atoms with Gasteiger partial charge in [-0.3, -0.25) is 4.79 Å². The van der Waals surface area contributed by atoms with Crippen LogP contribution in [-0.2, 0) is 0 Å². The minimum atomic E-state index is -0.0322. The zero-order valence-corrected chi connectivity index (χ0v) is 14.7. The van der Waals surface area contributed by atoms with Crippen molar-refractivity contribution in [2.24, 2.45) is 0 Å². The fourth-order valence-corrected chi connectivity index (χ4v) is 3.92. The Morgan fingerprint density at radius 1 is 1.04 bits per heavy atom. The molecule has 0 bridgehead atoms. The summed E-state index contributed by atoms with van der Waals surface area (Å²) in [5, 5.41) is 3.17. The molecule has 1 aliphatic carbocycles. The van der Waals surface area contributed by atoms with E-state index in [1.54, 1.807) is 32.4 Å². The van der Waals surface area contributed by atoms with Crippen LogP contribution in [0.15, 0.2) is 18.2 Å². The van der Waals surface area contributed by atoms with Crippen molar-refractivity contribution in [3.05, 3.63) is 23.8 Å². The summed E-state index contributed by atoms with van der Waals surface area (Å²) >= 11 is 0. The standard InChI is InChI=1S/C19H28N2O3/c1-23-17-8-7-14(13-18(17)24-2)19(22)20-15-9-11-21(12-10-15)16-5-3-4-6-16/h7-8,13,15-16H,3-6,9-12H2,1-2H3,(H,20,22). The number of hydrogen-bond acceptors (Lipinski definition) is 4. The summed E-state index contributed by atoms with van der Waals surface area (Å²) in [7, 11) is 3.17. The van der Waals surface area contributed by atoms with Crippen LogP contribution in [0.2, 0.25) is 0 Å². The van der Waals surface area contributed by atoms with Crippen molar-refractivity contribution in [2.75, 3.05) is 27.3 Å². The quantitative estimate of drug-likeness (QED) is 0.901. The highest BCUT2D eigenvalue weighted by molar-refractivity contribution is 5.95. The van der Waals surface area contributed by atoms with Gasteiger partial charge in [0.2, 0.25) is 0 Å². The highest BCUT2D eigenvalue weighted by Gasteiger charge is 2.27. The largest absolute Gasteiger partial charge is 0.493 e. The lowest BCUT2D eigenvalue weighted by Gasteiger charge is -2.36. The third-order valence-electron chi connectivity index (χ3n) is 5.35. The molecule has 132 valence electrons. The van der Waals surface area contributed by atoms with Gasteiger partial charge in [0.25, 0.3) is 5.91 Å². The molecule has 0 radical (unpaired) electrons. The maximum absolute atomic E-state index is 12.5. The van der Waals surface area contributed by atoms with Gasteiger partial charge in [0.05, 0.1) is 14.2 Å². The van der Waals surface area contributed by atoms with Gasteiger partial charge in [-0.05, 0) is 43.9 Å². The third kappa shape index (κ3) is 3.83. The minimum absolute atomic E-state index is 0.0322. The zero-order valence-electron chi connectivity index (χ0n) is 14.7. The van der Waals surface area contributed by atoms with Crippen molar-refractivity contribution in [2.45, 2.75) is 50.6 Å². The summed E-state index contributed by atoms with van der Waals surface area (Å²) in [6.45, 7) is 2.20. The number of nitrogens with zero attached hydrogens (tertiary/aromatic N) is 1. The normalized spacial score (nSPS) is 20.1. The number of piperidine rings is 1. The predicted molar refractivity (Wildman–Crippen MR) is 93.9 cm³/mol. The Hall–Kier alpha value is -1.75. The van der Waals surface area contributed by atoms with E-state index in [2.05, 4.69) is 10.2 Å². The summed E-state index contributed by atoms with van der Waals surface area (Å²) in [5.74, 6) is 1.19. The van der Waals surface area contributed by atoms with E-state index in [4.69, 9.17) is 9.47 Å². The maximum atomic E-state index is 12.5. The number of amides is 1. The molecule has 1 heterocycles.